The van der Waals surface area contributed by atoms with E-state index in [1.54, 1.807) is 29.8 Å². The molecule has 9 nitrogen and oxygen atoms in total. The Morgan fingerprint density at radius 3 is 2.76 bits per heavy atom. The topological polar surface area (TPSA) is 88.7 Å². The molecule has 2 aliphatic rings. The molecule has 1 saturated heterocycles. The van der Waals surface area contributed by atoms with Gasteiger partial charge in [0.25, 0.3) is 0 Å². The number of nitrogens with zero attached hydrogens (tertiary/aromatic N) is 7. The van der Waals surface area contributed by atoms with Gasteiger partial charge in [0.15, 0.2) is 0 Å². The van der Waals surface area contributed by atoms with Gasteiger partial charge in [-0.25, -0.2) is 14.4 Å². The van der Waals surface area contributed by atoms with E-state index in [2.05, 4.69) is 41.3 Å². The van der Waals surface area contributed by atoms with Crippen LogP contribution in [0, 0.1) is 5.82 Å². The lowest BCUT2D eigenvalue weighted by Crippen LogP contribution is -2.44. The molecule has 42 heavy (non-hydrogen) atoms. The molecule has 0 radical (unpaired) electrons. The molecule has 1 aliphatic carbocycles. The highest BCUT2D eigenvalue weighted by molar-refractivity contribution is 7.22. The Kier molecular flexibility index (Phi) is 6.42. The fourth-order valence-electron chi connectivity index (χ4n) is 6.25. The monoisotopic (exact) mass is 579 g/mol. The molecule has 0 spiro atoms. The predicted molar refractivity (Wildman–Crippen MR) is 164 cm³/mol. The zero-order chi connectivity index (χ0) is 28.0. The van der Waals surface area contributed by atoms with Crippen LogP contribution in [-0.2, 0) is 25.9 Å². The first-order chi connectivity index (χ1) is 20.7. The maximum Gasteiger partial charge on any atom is 0.142 e. The van der Waals surface area contributed by atoms with E-state index in [-0.39, 0.29) is 5.82 Å². The van der Waals surface area contributed by atoms with Crippen molar-refractivity contribution < 1.29 is 4.39 Å². The molecule has 0 amide bonds. The minimum atomic E-state index is -0.238. The van der Waals surface area contributed by atoms with E-state index in [4.69, 9.17) is 5.10 Å². The standard InChI is InChI=1S/C31H30FN9S/c32-22-3-1-2-20(14-22)18-41-26-6-4-23(15-21(26)16-36-41)38-30-28-24-5-7-27-25(29(24)42-31(28)35-19-34-30)17-37-40(27)13-12-39-10-8-33-9-11-39/h1-4,6,14-17,19,33H,5,7-13,18H2,(H,34,35,38). The zero-order valence-corrected chi connectivity index (χ0v) is 23.9. The van der Waals surface area contributed by atoms with Gasteiger partial charge in [-0.1, -0.05) is 12.1 Å². The van der Waals surface area contributed by atoms with Crippen LogP contribution < -0.4 is 10.6 Å². The first-order valence-corrected chi connectivity index (χ1v) is 15.2. The van der Waals surface area contributed by atoms with Crippen molar-refractivity contribution in [3.05, 3.63) is 83.8 Å². The molecule has 4 aromatic heterocycles. The number of anilines is 2. The SMILES string of the molecule is Fc1cccc(Cn2ncc3cc(Nc4ncnc5sc6c(c45)CCc4c-6cnn4CCN4CCNCC4)ccc32)c1. The second-order valence-electron chi connectivity index (χ2n) is 11.0. The summed E-state index contributed by atoms with van der Waals surface area (Å²) in [5.74, 6) is 0.580. The van der Waals surface area contributed by atoms with E-state index < -0.39 is 0 Å². The number of rotatable bonds is 7. The van der Waals surface area contributed by atoms with Gasteiger partial charge in [0.05, 0.1) is 36.4 Å². The van der Waals surface area contributed by atoms with Gasteiger partial charge < -0.3 is 10.6 Å². The smallest absolute Gasteiger partial charge is 0.142 e. The normalized spacial score (nSPS) is 15.3. The number of hydrogen-bond acceptors (Lipinski definition) is 8. The molecule has 212 valence electrons. The lowest BCUT2D eigenvalue weighted by molar-refractivity contribution is 0.228. The molecule has 2 aromatic carbocycles. The number of fused-ring (bicyclic) bond motifs is 6. The number of halogens is 1. The first kappa shape index (κ1) is 25.5. The third-order valence-electron chi connectivity index (χ3n) is 8.36. The molecule has 0 atom stereocenters. The van der Waals surface area contributed by atoms with E-state index in [0.717, 1.165) is 90.3 Å². The Balaban J connectivity index is 1.06. The molecule has 5 heterocycles. The maximum absolute atomic E-state index is 13.7. The molecule has 1 aliphatic heterocycles. The predicted octanol–water partition coefficient (Wildman–Crippen LogP) is 4.84. The molecular weight excluding hydrogens is 549 g/mol. The molecule has 6 aromatic rings. The maximum atomic E-state index is 13.7. The van der Waals surface area contributed by atoms with Gasteiger partial charge in [-0.05, 0) is 54.3 Å². The summed E-state index contributed by atoms with van der Waals surface area (Å²) >= 11 is 1.73. The fourth-order valence-corrected chi connectivity index (χ4v) is 7.47. The van der Waals surface area contributed by atoms with Gasteiger partial charge >= 0.3 is 0 Å². The summed E-state index contributed by atoms with van der Waals surface area (Å²) in [6.45, 7) is 6.79. The molecule has 2 N–H and O–H groups in total. The summed E-state index contributed by atoms with van der Waals surface area (Å²) in [5, 5.41) is 18.5. The molecule has 0 saturated carbocycles. The van der Waals surface area contributed by atoms with Crippen LogP contribution in [0.5, 0.6) is 0 Å². The van der Waals surface area contributed by atoms with Crippen molar-refractivity contribution in [2.24, 2.45) is 0 Å². The summed E-state index contributed by atoms with van der Waals surface area (Å²) in [6, 6.07) is 12.8. The van der Waals surface area contributed by atoms with Crippen LogP contribution in [0.2, 0.25) is 0 Å². The molecule has 11 heteroatoms. The van der Waals surface area contributed by atoms with Crippen molar-refractivity contribution in [1.82, 2.24) is 39.7 Å². The number of aromatic nitrogens is 6. The molecule has 8 rings (SSSR count). The summed E-state index contributed by atoms with van der Waals surface area (Å²) < 4.78 is 17.8. The zero-order valence-electron chi connectivity index (χ0n) is 23.1. The summed E-state index contributed by atoms with van der Waals surface area (Å²) in [7, 11) is 0. The van der Waals surface area contributed by atoms with Crippen LogP contribution in [0.25, 0.3) is 31.6 Å². The van der Waals surface area contributed by atoms with Gasteiger partial charge in [0.1, 0.15) is 22.8 Å². The third kappa shape index (κ3) is 4.63. The highest BCUT2D eigenvalue weighted by Gasteiger charge is 2.27. The average Bonchev–Trinajstić information content (AvgIpc) is 3.72. The highest BCUT2D eigenvalue weighted by atomic mass is 32.1. The minimum Gasteiger partial charge on any atom is -0.340 e. The third-order valence-corrected chi connectivity index (χ3v) is 9.53. The van der Waals surface area contributed by atoms with E-state index in [0.29, 0.717) is 6.54 Å². The first-order valence-electron chi connectivity index (χ1n) is 14.4. The molecule has 0 unspecified atom stereocenters. The Morgan fingerprint density at radius 2 is 1.86 bits per heavy atom. The van der Waals surface area contributed by atoms with Gasteiger partial charge in [0.2, 0.25) is 0 Å². The van der Waals surface area contributed by atoms with Crippen LogP contribution in [0.15, 0.2) is 61.2 Å². The van der Waals surface area contributed by atoms with Crippen molar-refractivity contribution in [2.75, 3.05) is 38.0 Å². The summed E-state index contributed by atoms with van der Waals surface area (Å²) in [6.07, 6.45) is 7.43. The number of hydrogen-bond donors (Lipinski definition) is 2. The van der Waals surface area contributed by atoms with Crippen molar-refractivity contribution >= 4 is 44.0 Å². The van der Waals surface area contributed by atoms with Gasteiger partial charge in [-0.2, -0.15) is 10.2 Å². The molecular formula is C31H30FN9S. The van der Waals surface area contributed by atoms with Gasteiger partial charge in [-0.3, -0.25) is 14.3 Å². The van der Waals surface area contributed by atoms with E-state index in [9.17, 15) is 4.39 Å². The minimum absolute atomic E-state index is 0.238. The van der Waals surface area contributed by atoms with Crippen molar-refractivity contribution in [3.8, 4) is 10.4 Å². The quantitative estimate of drug-likeness (QED) is 0.280. The van der Waals surface area contributed by atoms with Crippen LogP contribution in [-0.4, -0.2) is 67.2 Å². The number of nitrogens with one attached hydrogen (secondary N) is 2. The second kappa shape index (κ2) is 10.6. The van der Waals surface area contributed by atoms with Crippen molar-refractivity contribution in [1.29, 1.82) is 0 Å². The number of aryl methyl sites for hydroxylation is 1. The summed E-state index contributed by atoms with van der Waals surface area (Å²) in [4.78, 5) is 14.1. The van der Waals surface area contributed by atoms with Crippen molar-refractivity contribution in [2.45, 2.75) is 25.9 Å². The Morgan fingerprint density at radius 1 is 0.952 bits per heavy atom. The number of thiophene rings is 1. The Bertz CT molecular complexity index is 1920. The molecule has 1 fully saturated rings. The van der Waals surface area contributed by atoms with E-state index >= 15 is 0 Å². The fraction of sp³-hybridized carbons (Fsp3) is 0.290. The largest absolute Gasteiger partial charge is 0.340 e. The van der Waals surface area contributed by atoms with Crippen LogP contribution >= 0.6 is 11.3 Å². The van der Waals surface area contributed by atoms with Gasteiger partial charge in [0, 0.05) is 59.9 Å². The Labute approximate surface area is 246 Å². The molecule has 0 bridgehead atoms. The second-order valence-corrected chi connectivity index (χ2v) is 12.0. The van der Waals surface area contributed by atoms with E-state index in [1.165, 1.54) is 27.8 Å². The lowest BCUT2D eigenvalue weighted by atomic mass is 9.95. The van der Waals surface area contributed by atoms with E-state index in [1.807, 2.05) is 35.3 Å². The lowest BCUT2D eigenvalue weighted by Gasteiger charge is -2.27. The van der Waals surface area contributed by atoms with Crippen LogP contribution in [0.4, 0.5) is 15.9 Å². The van der Waals surface area contributed by atoms with Crippen molar-refractivity contribution in [3.63, 3.8) is 0 Å². The number of piperazine rings is 1. The number of benzene rings is 2. The highest BCUT2D eigenvalue weighted by Crippen LogP contribution is 2.45. The Hall–Kier alpha value is -4.19. The van der Waals surface area contributed by atoms with Crippen LogP contribution in [0.1, 0.15) is 16.8 Å². The average molecular weight is 580 g/mol. The van der Waals surface area contributed by atoms with Gasteiger partial charge in [-0.15, -0.1) is 11.3 Å². The summed E-state index contributed by atoms with van der Waals surface area (Å²) in [5.41, 5.74) is 6.67. The van der Waals surface area contributed by atoms with Crippen LogP contribution in [0.3, 0.4) is 0 Å².